The van der Waals surface area contributed by atoms with Crippen LogP contribution in [0.3, 0.4) is 0 Å². The minimum atomic E-state index is -0.121. The molecule has 2 nitrogen and oxygen atoms in total. The monoisotopic (exact) mass is 148 g/mol. The van der Waals surface area contributed by atoms with Gasteiger partial charge in [-0.15, -0.1) is 0 Å². The van der Waals surface area contributed by atoms with E-state index in [0.717, 1.165) is 0 Å². The van der Waals surface area contributed by atoms with Gasteiger partial charge in [0.05, 0.1) is 0 Å². The summed E-state index contributed by atoms with van der Waals surface area (Å²) in [6.07, 6.45) is 5.01. The first-order chi connectivity index (χ1) is 3.79. The summed E-state index contributed by atoms with van der Waals surface area (Å²) in [5.74, 6) is -0.241. The van der Waals surface area contributed by atoms with E-state index in [1.807, 2.05) is 0 Å². The van der Waals surface area contributed by atoms with Gasteiger partial charge in [-0.25, -0.2) is 0 Å². The number of hydrogen-bond acceptors (Lipinski definition) is 2. The molecule has 0 saturated heterocycles. The minimum absolute atomic E-state index is 0. The van der Waals surface area contributed by atoms with E-state index in [1.165, 1.54) is 24.3 Å². The van der Waals surface area contributed by atoms with Gasteiger partial charge in [0.25, 0.3) is 0 Å². The fourth-order valence-corrected chi connectivity index (χ4v) is 0.440. The molecule has 0 heterocycles. The molecule has 42 valence electrons. The van der Waals surface area contributed by atoms with Crippen molar-refractivity contribution in [2.45, 2.75) is 0 Å². The van der Waals surface area contributed by atoms with Crippen LogP contribution in [-0.2, 0) is 9.59 Å². The van der Waals surface area contributed by atoms with Crippen molar-refractivity contribution >= 4 is 63.0 Å². The molecule has 0 unspecified atom stereocenters. The fourth-order valence-electron chi connectivity index (χ4n) is 0.440. The molecule has 0 atom stereocenters. The average molecular weight is 148 g/mol. The molecule has 0 aromatic carbocycles. The van der Waals surface area contributed by atoms with Gasteiger partial charge in [0.15, 0.2) is 11.6 Å². The van der Waals surface area contributed by atoms with E-state index in [1.54, 1.807) is 0 Å². The molecular weight excluding hydrogens is 143 g/mol. The van der Waals surface area contributed by atoms with Crippen LogP contribution in [0.2, 0.25) is 0 Å². The van der Waals surface area contributed by atoms with Crippen molar-refractivity contribution in [3.8, 4) is 0 Å². The van der Waals surface area contributed by atoms with Crippen LogP contribution in [0.4, 0.5) is 0 Å². The number of ketones is 2. The normalized spacial score (nSPS) is 15.6. The maximum atomic E-state index is 10.3. The van der Waals surface area contributed by atoms with E-state index in [9.17, 15) is 9.59 Å². The summed E-state index contributed by atoms with van der Waals surface area (Å²) >= 11 is 0. The fraction of sp³-hybridized carbons (Fsp3) is 0. The Morgan fingerprint density at radius 2 is 1.00 bits per heavy atom. The number of rotatable bonds is 0. The van der Waals surface area contributed by atoms with Crippen LogP contribution in [0.5, 0.6) is 0 Å². The van der Waals surface area contributed by atoms with E-state index in [-0.39, 0.29) is 63.0 Å². The molecule has 0 aromatic rings. The van der Waals surface area contributed by atoms with Crippen LogP contribution in [0.25, 0.3) is 0 Å². The second-order valence-electron chi connectivity index (χ2n) is 1.47. The molecule has 9 heavy (non-hydrogen) atoms. The summed E-state index contributed by atoms with van der Waals surface area (Å²) in [5, 5.41) is 0. The summed E-state index contributed by atoms with van der Waals surface area (Å²) in [4.78, 5) is 20.6. The van der Waals surface area contributed by atoms with Crippen molar-refractivity contribution in [2.24, 2.45) is 0 Å². The first-order valence-corrected chi connectivity index (χ1v) is 2.23. The Labute approximate surface area is 95.4 Å². The summed E-state index contributed by atoms with van der Waals surface area (Å²) in [7, 11) is 0. The van der Waals surface area contributed by atoms with E-state index < -0.39 is 0 Å². The summed E-state index contributed by atoms with van der Waals surface area (Å²) in [6.45, 7) is 0. The standard InChI is InChI=1S/C6H4O2.K.H/c7-5-1-2-6(8)4-3-5;;/h1-4H;;. The molecule has 0 saturated carbocycles. The van der Waals surface area contributed by atoms with Gasteiger partial charge in [-0.2, -0.15) is 0 Å². The Balaban J connectivity index is 0.000000640. The topological polar surface area (TPSA) is 34.1 Å². The molecule has 0 aromatic heterocycles. The second kappa shape index (κ2) is 4.30. The van der Waals surface area contributed by atoms with Gasteiger partial charge in [-0.05, 0) is 24.3 Å². The van der Waals surface area contributed by atoms with Crippen LogP contribution in [0.15, 0.2) is 24.3 Å². The molecule has 0 spiro atoms. The molecule has 0 amide bonds. The number of carbonyl (C=O) groups is 2. The van der Waals surface area contributed by atoms with Crippen LogP contribution < -0.4 is 0 Å². The van der Waals surface area contributed by atoms with E-state index in [0.29, 0.717) is 0 Å². The van der Waals surface area contributed by atoms with E-state index in [4.69, 9.17) is 0 Å². The van der Waals surface area contributed by atoms with Crippen molar-refractivity contribution in [3.05, 3.63) is 24.3 Å². The van der Waals surface area contributed by atoms with Crippen LogP contribution in [-0.4, -0.2) is 63.0 Å². The summed E-state index contributed by atoms with van der Waals surface area (Å²) < 4.78 is 0. The molecule has 1 aliphatic rings. The van der Waals surface area contributed by atoms with Gasteiger partial charge in [0.1, 0.15) is 0 Å². The van der Waals surface area contributed by atoms with Crippen LogP contribution in [0.1, 0.15) is 0 Å². The van der Waals surface area contributed by atoms with Gasteiger partial charge in [0.2, 0.25) is 0 Å². The quantitative estimate of drug-likeness (QED) is 0.346. The zero-order valence-electron chi connectivity index (χ0n) is 4.13. The molecule has 0 bridgehead atoms. The molecule has 0 N–H and O–H groups in total. The van der Waals surface area contributed by atoms with Gasteiger partial charge >= 0.3 is 51.4 Å². The van der Waals surface area contributed by atoms with Crippen molar-refractivity contribution in [1.82, 2.24) is 0 Å². The Kier molecular flexibility index (Phi) is 4.52. The Morgan fingerprint density at radius 1 is 0.778 bits per heavy atom. The third kappa shape index (κ3) is 3.22. The Morgan fingerprint density at radius 3 is 1.22 bits per heavy atom. The van der Waals surface area contributed by atoms with Crippen molar-refractivity contribution in [1.29, 1.82) is 0 Å². The summed E-state index contributed by atoms with van der Waals surface area (Å²) in [5.41, 5.74) is 0. The Hall–Kier alpha value is 0.456. The van der Waals surface area contributed by atoms with Gasteiger partial charge in [-0.3, -0.25) is 9.59 Å². The molecule has 0 radical (unpaired) electrons. The molecule has 1 aliphatic carbocycles. The third-order valence-corrected chi connectivity index (χ3v) is 0.824. The molecular formula is C6H5KO2. The number of hydrogen-bond donors (Lipinski definition) is 0. The first-order valence-electron chi connectivity index (χ1n) is 2.23. The van der Waals surface area contributed by atoms with Crippen LogP contribution >= 0.6 is 0 Å². The van der Waals surface area contributed by atoms with Crippen LogP contribution in [0, 0.1) is 0 Å². The molecule has 0 aliphatic heterocycles. The predicted octanol–water partition coefficient (Wildman–Crippen LogP) is -0.398. The van der Waals surface area contributed by atoms with Crippen molar-refractivity contribution < 1.29 is 9.59 Å². The zero-order valence-corrected chi connectivity index (χ0v) is 4.13. The maximum absolute atomic E-state index is 10.3. The van der Waals surface area contributed by atoms with Crippen molar-refractivity contribution in [2.75, 3.05) is 0 Å². The second-order valence-corrected chi connectivity index (χ2v) is 1.47. The van der Waals surface area contributed by atoms with E-state index in [2.05, 4.69) is 0 Å². The van der Waals surface area contributed by atoms with Crippen molar-refractivity contribution in [3.63, 3.8) is 0 Å². The number of allylic oxidation sites excluding steroid dienone is 4. The summed E-state index contributed by atoms with van der Waals surface area (Å²) in [6, 6.07) is 0. The molecule has 0 fully saturated rings. The number of carbonyl (C=O) groups excluding carboxylic acids is 2. The SMILES string of the molecule is O=C1C=CC(=O)C=C1.[KH]. The van der Waals surface area contributed by atoms with E-state index >= 15 is 0 Å². The molecule has 1 rings (SSSR count). The first kappa shape index (κ1) is 9.46. The van der Waals surface area contributed by atoms with Gasteiger partial charge in [0, 0.05) is 0 Å². The average Bonchev–Trinajstić information content (AvgIpc) is 1.77. The Bertz CT molecular complexity index is 153. The van der Waals surface area contributed by atoms with Gasteiger partial charge in [-0.1, -0.05) is 0 Å². The molecule has 3 heteroatoms. The zero-order chi connectivity index (χ0) is 5.98. The third-order valence-electron chi connectivity index (χ3n) is 0.824. The predicted molar refractivity (Wildman–Crippen MR) is 35.4 cm³/mol. The van der Waals surface area contributed by atoms with Gasteiger partial charge < -0.3 is 0 Å².